The summed E-state index contributed by atoms with van der Waals surface area (Å²) in [5.74, 6) is 0. The van der Waals surface area contributed by atoms with Gasteiger partial charge in [-0.05, 0) is 29.5 Å². The van der Waals surface area contributed by atoms with Crippen molar-refractivity contribution < 1.29 is 0 Å². The average molecular weight is 263 g/mol. The molecule has 0 spiro atoms. The van der Waals surface area contributed by atoms with Gasteiger partial charge in [0.1, 0.15) is 0 Å². The van der Waals surface area contributed by atoms with Crippen LogP contribution in [0, 0.1) is 0 Å². The van der Waals surface area contributed by atoms with Gasteiger partial charge in [0.25, 0.3) is 0 Å². The quantitative estimate of drug-likeness (QED) is 0.741. The Morgan fingerprint density at radius 2 is 1.70 bits per heavy atom. The molecule has 102 valence electrons. The smallest absolute Gasteiger partial charge is 0.0386 e. The van der Waals surface area contributed by atoms with Gasteiger partial charge in [-0.25, -0.2) is 0 Å². The van der Waals surface area contributed by atoms with Crippen LogP contribution in [0.2, 0.25) is 0 Å². The first-order valence-electron chi connectivity index (χ1n) is 7.35. The Kier molecular flexibility index (Phi) is 3.98. The van der Waals surface area contributed by atoms with Crippen LogP contribution < -0.4 is 0 Å². The second-order valence-electron chi connectivity index (χ2n) is 5.44. The second kappa shape index (κ2) is 6.06. The SMILES string of the molecule is C=CCC(c1ccccc1)N1CCc2ccccc2C1. The van der Waals surface area contributed by atoms with Crippen LogP contribution in [0.15, 0.2) is 67.3 Å². The van der Waals surface area contributed by atoms with Gasteiger partial charge in [0.2, 0.25) is 0 Å². The normalized spacial score (nSPS) is 16.4. The van der Waals surface area contributed by atoms with Gasteiger partial charge < -0.3 is 0 Å². The van der Waals surface area contributed by atoms with Crippen molar-refractivity contribution in [1.82, 2.24) is 4.90 Å². The minimum Gasteiger partial charge on any atom is -0.291 e. The van der Waals surface area contributed by atoms with E-state index in [1.165, 1.54) is 16.7 Å². The van der Waals surface area contributed by atoms with Crippen LogP contribution in [0.4, 0.5) is 0 Å². The Morgan fingerprint density at radius 3 is 2.45 bits per heavy atom. The third-order valence-corrected chi connectivity index (χ3v) is 4.18. The van der Waals surface area contributed by atoms with E-state index in [1.807, 2.05) is 6.08 Å². The van der Waals surface area contributed by atoms with Crippen LogP contribution in [0.25, 0.3) is 0 Å². The van der Waals surface area contributed by atoms with E-state index >= 15 is 0 Å². The first-order chi connectivity index (χ1) is 9.88. The number of benzene rings is 2. The van der Waals surface area contributed by atoms with Gasteiger partial charge in [-0.3, -0.25) is 4.90 Å². The molecule has 1 aliphatic heterocycles. The number of fused-ring (bicyclic) bond motifs is 1. The maximum Gasteiger partial charge on any atom is 0.0386 e. The molecule has 0 amide bonds. The lowest BCUT2D eigenvalue weighted by Gasteiger charge is -2.35. The molecule has 0 aromatic heterocycles. The van der Waals surface area contributed by atoms with Crippen molar-refractivity contribution in [3.63, 3.8) is 0 Å². The van der Waals surface area contributed by atoms with Gasteiger partial charge in [0.05, 0.1) is 0 Å². The highest BCUT2D eigenvalue weighted by molar-refractivity contribution is 5.30. The predicted octanol–water partition coefficient (Wildman–Crippen LogP) is 4.36. The molecule has 0 saturated heterocycles. The fourth-order valence-corrected chi connectivity index (χ4v) is 3.11. The predicted molar refractivity (Wildman–Crippen MR) is 84.6 cm³/mol. The van der Waals surface area contributed by atoms with Gasteiger partial charge in [0, 0.05) is 19.1 Å². The summed E-state index contributed by atoms with van der Waals surface area (Å²) in [6, 6.07) is 20.1. The molecule has 0 bridgehead atoms. The van der Waals surface area contributed by atoms with E-state index in [-0.39, 0.29) is 0 Å². The topological polar surface area (TPSA) is 3.24 Å². The molecule has 0 radical (unpaired) electrons. The zero-order valence-corrected chi connectivity index (χ0v) is 11.8. The zero-order valence-electron chi connectivity index (χ0n) is 11.8. The fourth-order valence-electron chi connectivity index (χ4n) is 3.11. The molecular formula is C19H21N. The summed E-state index contributed by atoms with van der Waals surface area (Å²) >= 11 is 0. The van der Waals surface area contributed by atoms with Crippen LogP contribution in [-0.4, -0.2) is 11.4 Å². The molecule has 0 aliphatic carbocycles. The molecule has 1 nitrogen and oxygen atoms in total. The van der Waals surface area contributed by atoms with Crippen molar-refractivity contribution >= 4 is 0 Å². The van der Waals surface area contributed by atoms with E-state index in [0.717, 1.165) is 25.9 Å². The maximum atomic E-state index is 3.94. The van der Waals surface area contributed by atoms with Crippen molar-refractivity contribution in [3.8, 4) is 0 Å². The van der Waals surface area contributed by atoms with E-state index in [2.05, 4.69) is 66.1 Å². The van der Waals surface area contributed by atoms with Crippen molar-refractivity contribution in [3.05, 3.63) is 83.9 Å². The maximum absolute atomic E-state index is 3.94. The van der Waals surface area contributed by atoms with Crippen molar-refractivity contribution in [2.45, 2.75) is 25.4 Å². The first-order valence-corrected chi connectivity index (χ1v) is 7.35. The summed E-state index contributed by atoms with van der Waals surface area (Å²) in [4.78, 5) is 2.58. The van der Waals surface area contributed by atoms with E-state index in [9.17, 15) is 0 Å². The van der Waals surface area contributed by atoms with E-state index in [1.54, 1.807) is 0 Å². The third-order valence-electron chi connectivity index (χ3n) is 4.18. The van der Waals surface area contributed by atoms with Crippen molar-refractivity contribution in [1.29, 1.82) is 0 Å². The van der Waals surface area contributed by atoms with Crippen molar-refractivity contribution in [2.24, 2.45) is 0 Å². The molecule has 0 fully saturated rings. The lowest BCUT2D eigenvalue weighted by Crippen LogP contribution is -2.34. The zero-order chi connectivity index (χ0) is 13.8. The molecule has 1 aliphatic rings. The average Bonchev–Trinajstić information content (AvgIpc) is 2.53. The summed E-state index contributed by atoms with van der Waals surface area (Å²) in [6.07, 6.45) is 4.20. The van der Waals surface area contributed by atoms with Gasteiger partial charge in [0.15, 0.2) is 0 Å². The van der Waals surface area contributed by atoms with E-state index in [0.29, 0.717) is 6.04 Å². The lowest BCUT2D eigenvalue weighted by atomic mass is 9.95. The van der Waals surface area contributed by atoms with Gasteiger partial charge >= 0.3 is 0 Å². The van der Waals surface area contributed by atoms with Gasteiger partial charge in [-0.15, -0.1) is 6.58 Å². The Bertz CT molecular complexity index is 573. The van der Waals surface area contributed by atoms with E-state index in [4.69, 9.17) is 0 Å². The second-order valence-corrected chi connectivity index (χ2v) is 5.44. The summed E-state index contributed by atoms with van der Waals surface area (Å²) < 4.78 is 0. The van der Waals surface area contributed by atoms with Crippen LogP contribution in [0.1, 0.15) is 29.2 Å². The number of nitrogens with zero attached hydrogens (tertiary/aromatic N) is 1. The van der Waals surface area contributed by atoms with Crippen molar-refractivity contribution in [2.75, 3.05) is 6.54 Å². The molecule has 1 atom stereocenters. The largest absolute Gasteiger partial charge is 0.291 e. The summed E-state index contributed by atoms with van der Waals surface area (Å²) in [7, 11) is 0. The highest BCUT2D eigenvalue weighted by Crippen LogP contribution is 2.30. The van der Waals surface area contributed by atoms with Crippen LogP contribution in [0.5, 0.6) is 0 Å². The van der Waals surface area contributed by atoms with E-state index < -0.39 is 0 Å². The Balaban J connectivity index is 1.85. The summed E-state index contributed by atoms with van der Waals surface area (Å²) in [5, 5.41) is 0. The standard InChI is InChI=1S/C19H21N/c1-2-8-19(17-10-4-3-5-11-17)20-14-13-16-9-6-7-12-18(16)15-20/h2-7,9-12,19H,1,8,13-15H2. The number of hydrogen-bond acceptors (Lipinski definition) is 1. The lowest BCUT2D eigenvalue weighted by molar-refractivity contribution is 0.180. The van der Waals surface area contributed by atoms with Crippen LogP contribution >= 0.6 is 0 Å². The van der Waals surface area contributed by atoms with Gasteiger partial charge in [-0.2, -0.15) is 0 Å². The number of hydrogen-bond donors (Lipinski definition) is 0. The van der Waals surface area contributed by atoms with Crippen LogP contribution in [-0.2, 0) is 13.0 Å². The molecule has 1 heterocycles. The molecule has 1 heteroatoms. The summed E-state index contributed by atoms with van der Waals surface area (Å²) in [5.41, 5.74) is 4.38. The first kappa shape index (κ1) is 13.1. The third kappa shape index (κ3) is 2.68. The molecule has 2 aromatic carbocycles. The Morgan fingerprint density at radius 1 is 1.00 bits per heavy atom. The molecule has 0 N–H and O–H groups in total. The fraction of sp³-hybridized carbons (Fsp3) is 0.263. The minimum absolute atomic E-state index is 0.446. The number of rotatable bonds is 4. The molecule has 2 aromatic rings. The van der Waals surface area contributed by atoms with Gasteiger partial charge in [-0.1, -0.05) is 60.7 Å². The highest BCUT2D eigenvalue weighted by atomic mass is 15.2. The Labute approximate surface area is 121 Å². The molecule has 1 unspecified atom stereocenters. The molecule has 20 heavy (non-hydrogen) atoms. The summed E-state index contributed by atoms with van der Waals surface area (Å²) in [6.45, 7) is 6.11. The molecular weight excluding hydrogens is 242 g/mol. The minimum atomic E-state index is 0.446. The highest BCUT2D eigenvalue weighted by Gasteiger charge is 2.23. The van der Waals surface area contributed by atoms with Crippen LogP contribution in [0.3, 0.4) is 0 Å². The molecule has 0 saturated carbocycles. The Hall–Kier alpha value is -1.86. The monoisotopic (exact) mass is 263 g/mol. The molecule has 3 rings (SSSR count).